The summed E-state index contributed by atoms with van der Waals surface area (Å²) in [6, 6.07) is 5.50. The van der Waals surface area contributed by atoms with Crippen molar-refractivity contribution in [2.75, 3.05) is 5.32 Å². The Hall–Kier alpha value is -1.91. The molecule has 0 aromatic heterocycles. The van der Waals surface area contributed by atoms with Gasteiger partial charge in [-0.3, -0.25) is 9.59 Å². The third-order valence-electron chi connectivity index (χ3n) is 4.62. The van der Waals surface area contributed by atoms with E-state index in [1.807, 2.05) is 0 Å². The van der Waals surface area contributed by atoms with Crippen LogP contribution in [0.5, 0.6) is 0 Å². The average molecular weight is 277 g/mol. The molecule has 4 atom stereocenters. The van der Waals surface area contributed by atoms with E-state index in [1.165, 1.54) is 24.3 Å². The number of aliphatic carboxylic acids is 1. The molecule has 2 aliphatic rings. The van der Waals surface area contributed by atoms with Gasteiger partial charge in [0.2, 0.25) is 5.91 Å². The Morgan fingerprint density at radius 2 is 1.70 bits per heavy atom. The van der Waals surface area contributed by atoms with Crippen LogP contribution in [0.15, 0.2) is 24.3 Å². The summed E-state index contributed by atoms with van der Waals surface area (Å²) in [5, 5.41) is 12.0. The fourth-order valence-electron chi connectivity index (χ4n) is 3.78. The maximum Gasteiger partial charge on any atom is 0.307 e. The second-order valence-electron chi connectivity index (χ2n) is 5.72. The zero-order valence-corrected chi connectivity index (χ0v) is 10.9. The van der Waals surface area contributed by atoms with Crippen molar-refractivity contribution in [1.82, 2.24) is 0 Å². The lowest BCUT2D eigenvalue weighted by Gasteiger charge is -2.27. The van der Waals surface area contributed by atoms with Crippen LogP contribution in [0.25, 0.3) is 0 Å². The third kappa shape index (κ3) is 2.17. The highest BCUT2D eigenvalue weighted by atomic mass is 19.1. The number of halogens is 1. The van der Waals surface area contributed by atoms with Gasteiger partial charge in [0.25, 0.3) is 0 Å². The molecule has 1 aromatic carbocycles. The molecular weight excluding hydrogens is 261 g/mol. The monoisotopic (exact) mass is 277 g/mol. The quantitative estimate of drug-likeness (QED) is 0.892. The molecule has 0 heterocycles. The minimum Gasteiger partial charge on any atom is -0.481 e. The molecule has 0 saturated heterocycles. The number of amides is 1. The van der Waals surface area contributed by atoms with Gasteiger partial charge in [0.05, 0.1) is 11.8 Å². The van der Waals surface area contributed by atoms with Gasteiger partial charge in [-0.2, -0.15) is 0 Å². The fraction of sp³-hybridized carbons (Fsp3) is 0.467. The van der Waals surface area contributed by atoms with E-state index in [2.05, 4.69) is 5.32 Å². The second-order valence-corrected chi connectivity index (χ2v) is 5.72. The summed E-state index contributed by atoms with van der Waals surface area (Å²) in [6.45, 7) is 0. The SMILES string of the molecule is O=C(O)[C@@H]1[C@H]2CC[C@@H](C2)[C@H]1C(=O)Nc1ccc(F)cc1. The number of carboxylic acids is 1. The summed E-state index contributed by atoms with van der Waals surface area (Å²) >= 11 is 0. The van der Waals surface area contributed by atoms with Crippen molar-refractivity contribution in [1.29, 1.82) is 0 Å². The molecular formula is C15H16FNO3. The Kier molecular flexibility index (Phi) is 3.20. The number of carbonyl (C=O) groups excluding carboxylic acids is 1. The molecule has 4 nitrogen and oxygen atoms in total. The first-order valence-corrected chi connectivity index (χ1v) is 6.85. The molecule has 2 aliphatic carbocycles. The molecule has 0 aliphatic heterocycles. The molecule has 0 radical (unpaired) electrons. The van der Waals surface area contributed by atoms with E-state index in [0.29, 0.717) is 5.69 Å². The predicted molar refractivity (Wildman–Crippen MR) is 70.5 cm³/mol. The number of rotatable bonds is 3. The summed E-state index contributed by atoms with van der Waals surface area (Å²) in [5.74, 6) is -2.24. The highest BCUT2D eigenvalue weighted by molar-refractivity contribution is 5.95. The zero-order chi connectivity index (χ0) is 14.3. The first-order chi connectivity index (χ1) is 9.56. The van der Waals surface area contributed by atoms with Gasteiger partial charge in [0.15, 0.2) is 0 Å². The minimum atomic E-state index is -0.878. The number of fused-ring (bicyclic) bond motifs is 2. The van der Waals surface area contributed by atoms with Crippen molar-refractivity contribution in [3.8, 4) is 0 Å². The number of benzene rings is 1. The molecule has 0 unspecified atom stereocenters. The number of nitrogens with one attached hydrogen (secondary N) is 1. The Morgan fingerprint density at radius 1 is 1.10 bits per heavy atom. The van der Waals surface area contributed by atoms with Gasteiger partial charge in [0.1, 0.15) is 5.82 Å². The lowest BCUT2D eigenvalue weighted by atomic mass is 9.78. The van der Waals surface area contributed by atoms with Crippen molar-refractivity contribution in [2.24, 2.45) is 23.7 Å². The molecule has 2 fully saturated rings. The molecule has 2 saturated carbocycles. The van der Waals surface area contributed by atoms with Crippen molar-refractivity contribution in [2.45, 2.75) is 19.3 Å². The van der Waals surface area contributed by atoms with Crippen molar-refractivity contribution >= 4 is 17.6 Å². The van der Waals surface area contributed by atoms with E-state index in [4.69, 9.17) is 0 Å². The zero-order valence-electron chi connectivity index (χ0n) is 10.9. The van der Waals surface area contributed by atoms with E-state index in [9.17, 15) is 19.1 Å². The van der Waals surface area contributed by atoms with Crippen LogP contribution in [0.3, 0.4) is 0 Å². The van der Waals surface area contributed by atoms with Gasteiger partial charge in [-0.15, -0.1) is 0 Å². The predicted octanol–water partition coefficient (Wildman–Crippen LogP) is 2.51. The van der Waals surface area contributed by atoms with Gasteiger partial charge in [0, 0.05) is 5.69 Å². The van der Waals surface area contributed by atoms with E-state index in [1.54, 1.807) is 0 Å². The second kappa shape index (κ2) is 4.89. The summed E-state index contributed by atoms with van der Waals surface area (Å²) in [5.41, 5.74) is 0.503. The van der Waals surface area contributed by atoms with E-state index in [0.717, 1.165) is 19.3 Å². The Morgan fingerprint density at radius 3 is 2.30 bits per heavy atom. The Bertz CT molecular complexity index is 543. The molecule has 20 heavy (non-hydrogen) atoms. The first-order valence-electron chi connectivity index (χ1n) is 6.85. The lowest BCUT2D eigenvalue weighted by Crippen LogP contribution is -2.37. The standard InChI is InChI=1S/C15H16FNO3/c16-10-3-5-11(6-4-10)17-14(18)12-8-1-2-9(7-8)13(12)15(19)20/h3-6,8-9,12-13H,1-2,7H2,(H,17,18)(H,19,20)/t8-,9-,12+,13+/m0/s1. The van der Waals surface area contributed by atoms with E-state index < -0.39 is 17.8 Å². The maximum absolute atomic E-state index is 12.8. The smallest absolute Gasteiger partial charge is 0.307 e. The van der Waals surface area contributed by atoms with Gasteiger partial charge < -0.3 is 10.4 Å². The number of hydrogen-bond acceptors (Lipinski definition) is 2. The molecule has 3 rings (SSSR count). The minimum absolute atomic E-state index is 0.126. The Labute approximate surface area is 116 Å². The van der Waals surface area contributed by atoms with Crippen LogP contribution in [0, 0.1) is 29.5 Å². The molecule has 0 spiro atoms. The van der Waals surface area contributed by atoms with Crippen LogP contribution in [0.4, 0.5) is 10.1 Å². The maximum atomic E-state index is 12.8. The van der Waals surface area contributed by atoms with Gasteiger partial charge in [-0.1, -0.05) is 0 Å². The van der Waals surface area contributed by atoms with Crippen LogP contribution >= 0.6 is 0 Å². The van der Waals surface area contributed by atoms with Gasteiger partial charge >= 0.3 is 5.97 Å². The van der Waals surface area contributed by atoms with Crippen molar-refractivity contribution in [3.63, 3.8) is 0 Å². The number of hydrogen-bond donors (Lipinski definition) is 2. The van der Waals surface area contributed by atoms with Crippen LogP contribution in [0.2, 0.25) is 0 Å². The van der Waals surface area contributed by atoms with Gasteiger partial charge in [-0.25, -0.2) is 4.39 Å². The third-order valence-corrected chi connectivity index (χ3v) is 4.62. The van der Waals surface area contributed by atoms with Gasteiger partial charge in [-0.05, 0) is 55.4 Å². The number of anilines is 1. The number of carbonyl (C=O) groups is 2. The first kappa shape index (κ1) is 13.1. The van der Waals surface area contributed by atoms with Crippen molar-refractivity contribution < 1.29 is 19.1 Å². The summed E-state index contributed by atoms with van der Waals surface area (Å²) in [6.07, 6.45) is 2.66. The average Bonchev–Trinajstić information content (AvgIpc) is 3.01. The normalized spacial score (nSPS) is 31.2. The fourth-order valence-corrected chi connectivity index (χ4v) is 3.78. The highest BCUT2D eigenvalue weighted by Gasteiger charge is 2.53. The molecule has 1 aromatic rings. The van der Waals surface area contributed by atoms with Crippen LogP contribution in [-0.2, 0) is 9.59 Å². The summed E-state index contributed by atoms with van der Waals surface area (Å²) in [4.78, 5) is 23.7. The largest absolute Gasteiger partial charge is 0.481 e. The molecule has 106 valence electrons. The number of carboxylic acid groups (broad SMARTS) is 1. The lowest BCUT2D eigenvalue weighted by molar-refractivity contribution is -0.148. The van der Waals surface area contributed by atoms with Crippen LogP contribution in [0.1, 0.15) is 19.3 Å². The molecule has 1 amide bonds. The van der Waals surface area contributed by atoms with Crippen molar-refractivity contribution in [3.05, 3.63) is 30.1 Å². The van der Waals surface area contributed by atoms with E-state index >= 15 is 0 Å². The van der Waals surface area contributed by atoms with E-state index in [-0.39, 0.29) is 23.6 Å². The molecule has 2 bridgehead atoms. The highest BCUT2D eigenvalue weighted by Crippen LogP contribution is 2.52. The van der Waals surface area contributed by atoms with Crippen LogP contribution in [-0.4, -0.2) is 17.0 Å². The Balaban J connectivity index is 1.76. The van der Waals surface area contributed by atoms with Crippen LogP contribution < -0.4 is 5.32 Å². The topological polar surface area (TPSA) is 66.4 Å². The molecule has 2 N–H and O–H groups in total. The molecule has 5 heteroatoms. The summed E-state index contributed by atoms with van der Waals surface area (Å²) < 4.78 is 12.8. The summed E-state index contributed by atoms with van der Waals surface area (Å²) in [7, 11) is 0.